The number of hydrogen-bond donors (Lipinski definition) is 8. The highest BCUT2D eigenvalue weighted by Crippen LogP contribution is 2.12. The first-order valence-electron chi connectivity index (χ1n) is 12.1. The van der Waals surface area contributed by atoms with Crippen molar-refractivity contribution in [3.63, 3.8) is 0 Å². The molecule has 14 nitrogen and oxygen atoms in total. The Morgan fingerprint density at radius 1 is 1.03 bits per heavy atom. The fourth-order valence-corrected chi connectivity index (χ4v) is 3.70. The second-order valence-electron chi connectivity index (χ2n) is 8.86. The summed E-state index contributed by atoms with van der Waals surface area (Å²) in [5.74, 6) is -4.75. The summed E-state index contributed by atoms with van der Waals surface area (Å²) < 4.78 is 0. The largest absolute Gasteiger partial charge is 0.481 e. The average molecular weight is 514 g/mol. The van der Waals surface area contributed by atoms with Crippen molar-refractivity contribution in [1.29, 1.82) is 0 Å². The first kappa shape index (κ1) is 30.6. The van der Waals surface area contributed by atoms with Gasteiger partial charge in [0, 0.05) is 13.0 Å². The van der Waals surface area contributed by atoms with Gasteiger partial charge in [-0.3, -0.25) is 24.2 Å². The molecule has 3 amide bonds. The van der Waals surface area contributed by atoms with Crippen molar-refractivity contribution >= 4 is 35.6 Å². The van der Waals surface area contributed by atoms with Gasteiger partial charge in [0.1, 0.15) is 18.1 Å². The number of nitrogens with zero attached hydrogens (tertiary/aromatic N) is 1. The molecule has 1 heterocycles. The Kier molecular flexibility index (Phi) is 13.2. The summed E-state index contributed by atoms with van der Waals surface area (Å²) in [4.78, 5) is 65.0. The van der Waals surface area contributed by atoms with E-state index in [0.717, 1.165) is 6.42 Å². The molecule has 0 spiro atoms. The molecule has 0 aromatic rings. The van der Waals surface area contributed by atoms with Crippen LogP contribution in [0.5, 0.6) is 0 Å². The molecular formula is C22H39N7O7. The molecule has 5 atom stereocenters. The Bertz CT molecular complexity index is 811. The summed E-state index contributed by atoms with van der Waals surface area (Å²) in [7, 11) is 0. The number of carboxylic acids is 2. The van der Waals surface area contributed by atoms with Gasteiger partial charge in [-0.2, -0.15) is 0 Å². The van der Waals surface area contributed by atoms with Gasteiger partial charge in [-0.05, 0) is 44.6 Å². The maximum Gasteiger partial charge on any atom is 0.326 e. The molecule has 0 aliphatic carbocycles. The van der Waals surface area contributed by atoms with Crippen LogP contribution >= 0.6 is 0 Å². The Balaban J connectivity index is 2.97. The standard InChI is InChI=1S/C22H39N7O7/c1-3-12(2)17(20(34)28-15(21(35)36)8-9-16(30)31)29-19(33)14(7-5-11-26-22(23)24)27-18(32)13-6-4-10-25-13/h12-15,17,25H,3-11H2,1-2H3,(H,27,32)(H,28,34)(H,29,33)(H,30,31)(H,35,36)(H4,23,24,26). The minimum atomic E-state index is -1.43. The first-order valence-corrected chi connectivity index (χ1v) is 12.1. The third kappa shape index (κ3) is 10.9. The molecule has 1 rings (SSSR count). The molecular weight excluding hydrogens is 474 g/mol. The van der Waals surface area contributed by atoms with Crippen molar-refractivity contribution in [3.8, 4) is 0 Å². The SMILES string of the molecule is CCC(C)C(NC(=O)C(CCCN=C(N)N)NC(=O)C1CCCN1)C(=O)NC(CCC(=O)O)C(=O)O. The van der Waals surface area contributed by atoms with Crippen LogP contribution < -0.4 is 32.7 Å². The molecule has 36 heavy (non-hydrogen) atoms. The van der Waals surface area contributed by atoms with Crippen LogP contribution in [0.15, 0.2) is 4.99 Å². The highest BCUT2D eigenvalue weighted by Gasteiger charge is 2.33. The van der Waals surface area contributed by atoms with Crippen LogP contribution in [0.4, 0.5) is 0 Å². The van der Waals surface area contributed by atoms with E-state index in [1.165, 1.54) is 0 Å². The monoisotopic (exact) mass is 513 g/mol. The molecule has 1 saturated heterocycles. The van der Waals surface area contributed by atoms with Crippen molar-refractivity contribution in [2.45, 2.75) is 83.0 Å². The summed E-state index contributed by atoms with van der Waals surface area (Å²) in [6.45, 7) is 4.45. The van der Waals surface area contributed by atoms with Gasteiger partial charge in [-0.25, -0.2) is 4.79 Å². The Hall–Kier alpha value is -3.42. The minimum absolute atomic E-state index is 0.0976. The molecule has 0 bridgehead atoms. The molecule has 0 aromatic carbocycles. The molecule has 1 aliphatic heterocycles. The summed E-state index contributed by atoms with van der Waals surface area (Å²) in [5, 5.41) is 29.0. The second-order valence-corrected chi connectivity index (χ2v) is 8.86. The highest BCUT2D eigenvalue weighted by molar-refractivity contribution is 5.94. The van der Waals surface area contributed by atoms with Crippen LogP contribution in [0.2, 0.25) is 0 Å². The number of aliphatic imine (C=N–C) groups is 1. The number of aliphatic carboxylic acids is 2. The summed E-state index contributed by atoms with van der Waals surface area (Å²) in [5.41, 5.74) is 10.7. The van der Waals surface area contributed by atoms with Crippen LogP contribution in [-0.4, -0.2) is 83.1 Å². The maximum absolute atomic E-state index is 13.2. The normalized spacial score (nSPS) is 18.2. The second kappa shape index (κ2) is 15.5. The third-order valence-corrected chi connectivity index (χ3v) is 6.01. The number of hydrogen-bond acceptors (Lipinski definition) is 7. The van der Waals surface area contributed by atoms with Gasteiger partial charge in [0.25, 0.3) is 0 Å². The van der Waals surface area contributed by atoms with Gasteiger partial charge in [-0.15, -0.1) is 0 Å². The maximum atomic E-state index is 13.2. The lowest BCUT2D eigenvalue weighted by molar-refractivity contribution is -0.143. The van der Waals surface area contributed by atoms with Gasteiger partial charge >= 0.3 is 11.9 Å². The van der Waals surface area contributed by atoms with Gasteiger partial charge < -0.3 is 42.9 Å². The van der Waals surface area contributed by atoms with Crippen molar-refractivity contribution in [2.24, 2.45) is 22.4 Å². The molecule has 14 heteroatoms. The van der Waals surface area contributed by atoms with E-state index in [1.807, 2.05) is 0 Å². The van der Waals surface area contributed by atoms with E-state index in [0.29, 0.717) is 25.8 Å². The van der Waals surface area contributed by atoms with Gasteiger partial charge in [0.15, 0.2) is 5.96 Å². The summed E-state index contributed by atoms with van der Waals surface area (Å²) >= 11 is 0. The van der Waals surface area contributed by atoms with Crippen molar-refractivity contribution in [2.75, 3.05) is 13.1 Å². The first-order chi connectivity index (χ1) is 17.0. The predicted molar refractivity (Wildman–Crippen MR) is 131 cm³/mol. The van der Waals surface area contributed by atoms with E-state index in [1.54, 1.807) is 13.8 Å². The smallest absolute Gasteiger partial charge is 0.326 e. The predicted octanol–water partition coefficient (Wildman–Crippen LogP) is -1.76. The van der Waals surface area contributed by atoms with Crippen molar-refractivity contribution < 1.29 is 34.2 Å². The van der Waals surface area contributed by atoms with Crippen molar-refractivity contribution in [3.05, 3.63) is 0 Å². The number of nitrogens with two attached hydrogens (primary N) is 2. The van der Waals surface area contributed by atoms with E-state index in [2.05, 4.69) is 26.3 Å². The van der Waals surface area contributed by atoms with E-state index in [9.17, 15) is 29.1 Å². The fraction of sp³-hybridized carbons (Fsp3) is 0.727. The number of amides is 3. The van der Waals surface area contributed by atoms with Gasteiger partial charge in [0.2, 0.25) is 17.7 Å². The fourth-order valence-electron chi connectivity index (χ4n) is 3.70. The number of carboxylic acid groups (broad SMARTS) is 2. The lowest BCUT2D eigenvalue weighted by atomic mass is 9.96. The van der Waals surface area contributed by atoms with Gasteiger partial charge in [0.05, 0.1) is 6.04 Å². The Morgan fingerprint density at radius 2 is 1.72 bits per heavy atom. The molecule has 0 saturated carbocycles. The number of carbonyl (C=O) groups is 5. The van der Waals surface area contributed by atoms with Crippen LogP contribution in [0.25, 0.3) is 0 Å². The lowest BCUT2D eigenvalue weighted by Crippen LogP contribution is -2.58. The quantitative estimate of drug-likeness (QED) is 0.0657. The highest BCUT2D eigenvalue weighted by atomic mass is 16.4. The number of carbonyl (C=O) groups excluding carboxylic acids is 3. The Labute approximate surface area is 210 Å². The van der Waals surface area contributed by atoms with E-state index < -0.39 is 54.3 Å². The van der Waals surface area contributed by atoms with Crippen LogP contribution in [0.1, 0.15) is 58.8 Å². The van der Waals surface area contributed by atoms with Crippen LogP contribution in [-0.2, 0) is 24.0 Å². The summed E-state index contributed by atoms with van der Waals surface area (Å²) in [6.07, 6.45) is 1.78. The zero-order valence-corrected chi connectivity index (χ0v) is 20.8. The number of rotatable bonds is 16. The molecule has 10 N–H and O–H groups in total. The molecule has 1 fully saturated rings. The number of guanidine groups is 1. The zero-order chi connectivity index (χ0) is 27.3. The van der Waals surface area contributed by atoms with Gasteiger partial charge in [-0.1, -0.05) is 20.3 Å². The molecule has 204 valence electrons. The summed E-state index contributed by atoms with van der Waals surface area (Å²) in [6, 6.07) is -3.93. The Morgan fingerprint density at radius 3 is 2.25 bits per heavy atom. The molecule has 5 unspecified atom stereocenters. The van der Waals surface area contributed by atoms with Crippen LogP contribution in [0.3, 0.4) is 0 Å². The van der Waals surface area contributed by atoms with Crippen LogP contribution in [0, 0.1) is 5.92 Å². The number of nitrogens with one attached hydrogen (secondary N) is 4. The van der Waals surface area contributed by atoms with E-state index in [4.69, 9.17) is 16.6 Å². The minimum Gasteiger partial charge on any atom is -0.481 e. The van der Waals surface area contributed by atoms with E-state index in [-0.39, 0.29) is 37.2 Å². The third-order valence-electron chi connectivity index (χ3n) is 6.01. The topological polar surface area (TPSA) is 238 Å². The zero-order valence-electron chi connectivity index (χ0n) is 20.8. The molecule has 0 radical (unpaired) electrons. The molecule has 1 aliphatic rings. The lowest BCUT2D eigenvalue weighted by Gasteiger charge is -2.28. The average Bonchev–Trinajstić information content (AvgIpc) is 3.35. The molecule has 0 aromatic heterocycles. The van der Waals surface area contributed by atoms with E-state index >= 15 is 0 Å². The van der Waals surface area contributed by atoms with Crippen molar-refractivity contribution in [1.82, 2.24) is 21.3 Å².